The van der Waals surface area contributed by atoms with Crippen LogP contribution in [0, 0.1) is 0 Å². The zero-order chi connectivity index (χ0) is 16.3. The normalized spacial score (nSPS) is 20.3. The Bertz CT molecular complexity index is 705. The van der Waals surface area contributed by atoms with Crippen molar-refractivity contribution < 1.29 is 19.4 Å². The van der Waals surface area contributed by atoms with Gasteiger partial charge in [0.15, 0.2) is 5.54 Å². The van der Waals surface area contributed by atoms with E-state index in [1.165, 1.54) is 6.20 Å². The van der Waals surface area contributed by atoms with Gasteiger partial charge in [-0.25, -0.2) is 4.79 Å². The van der Waals surface area contributed by atoms with Gasteiger partial charge in [-0.3, -0.25) is 9.48 Å². The Morgan fingerprint density at radius 3 is 2.78 bits per heavy atom. The summed E-state index contributed by atoms with van der Waals surface area (Å²) in [5, 5.41) is 16.1. The third-order valence-electron chi connectivity index (χ3n) is 3.87. The van der Waals surface area contributed by atoms with Crippen molar-refractivity contribution in [2.75, 3.05) is 13.2 Å². The maximum atomic E-state index is 12.3. The molecule has 1 saturated heterocycles. The van der Waals surface area contributed by atoms with Gasteiger partial charge in [0.05, 0.1) is 24.9 Å². The Morgan fingerprint density at radius 1 is 1.35 bits per heavy atom. The Morgan fingerprint density at radius 2 is 2.13 bits per heavy atom. The summed E-state index contributed by atoms with van der Waals surface area (Å²) in [5.41, 5.74) is 0.0423. The van der Waals surface area contributed by atoms with Crippen LogP contribution in [0.15, 0.2) is 42.7 Å². The largest absolute Gasteiger partial charge is 0.479 e. The smallest absolute Gasteiger partial charge is 0.331 e. The van der Waals surface area contributed by atoms with Crippen LogP contribution >= 0.6 is 0 Å². The van der Waals surface area contributed by atoms with Crippen molar-refractivity contribution in [3.8, 4) is 0 Å². The Balaban J connectivity index is 1.70. The Kier molecular flexibility index (Phi) is 4.12. The molecule has 1 aromatic carbocycles. The number of aromatic nitrogens is 2. The highest BCUT2D eigenvalue weighted by atomic mass is 16.5. The molecule has 1 aliphatic rings. The van der Waals surface area contributed by atoms with E-state index < -0.39 is 17.4 Å². The van der Waals surface area contributed by atoms with Crippen molar-refractivity contribution in [3.05, 3.63) is 53.9 Å². The molecule has 1 unspecified atom stereocenters. The zero-order valence-electron chi connectivity index (χ0n) is 12.4. The second-order valence-electron chi connectivity index (χ2n) is 5.56. The van der Waals surface area contributed by atoms with E-state index in [1.54, 1.807) is 10.9 Å². The summed E-state index contributed by atoms with van der Waals surface area (Å²) in [7, 11) is 0. The number of carbonyl (C=O) groups is 2. The van der Waals surface area contributed by atoms with E-state index in [-0.39, 0.29) is 13.0 Å². The summed E-state index contributed by atoms with van der Waals surface area (Å²) in [6.45, 7) is 0.841. The lowest BCUT2D eigenvalue weighted by Crippen LogP contribution is -2.55. The number of carboxylic acid groups (broad SMARTS) is 1. The molecule has 0 saturated carbocycles. The van der Waals surface area contributed by atoms with Crippen molar-refractivity contribution in [1.82, 2.24) is 15.1 Å². The summed E-state index contributed by atoms with van der Waals surface area (Å²) < 4.78 is 6.77. The van der Waals surface area contributed by atoms with Crippen LogP contribution in [-0.4, -0.2) is 45.5 Å². The third kappa shape index (κ3) is 3.24. The Labute approximate surface area is 132 Å². The fourth-order valence-electron chi connectivity index (χ4n) is 2.51. The van der Waals surface area contributed by atoms with E-state index in [4.69, 9.17) is 4.74 Å². The summed E-state index contributed by atoms with van der Waals surface area (Å²) >= 11 is 0. The maximum absolute atomic E-state index is 12.3. The van der Waals surface area contributed by atoms with Crippen LogP contribution in [-0.2, 0) is 16.1 Å². The fourth-order valence-corrected chi connectivity index (χ4v) is 2.51. The standard InChI is InChI=1S/C16H17N3O4/c20-14(18-16(15(21)22)6-7-23-11-16)13-8-17-19(10-13)9-12-4-2-1-3-5-12/h1-5,8,10H,6-7,9,11H2,(H,18,20)(H,21,22). The number of rotatable bonds is 5. The van der Waals surface area contributed by atoms with Crippen molar-refractivity contribution in [1.29, 1.82) is 0 Å². The van der Waals surface area contributed by atoms with E-state index in [1.807, 2.05) is 30.3 Å². The first-order valence-corrected chi connectivity index (χ1v) is 7.29. The van der Waals surface area contributed by atoms with Gasteiger partial charge in [-0.05, 0) is 5.56 Å². The van der Waals surface area contributed by atoms with E-state index in [2.05, 4.69) is 10.4 Å². The molecule has 3 rings (SSSR count). The van der Waals surface area contributed by atoms with Crippen LogP contribution in [0.4, 0.5) is 0 Å². The quantitative estimate of drug-likeness (QED) is 0.855. The molecule has 1 aliphatic heterocycles. The van der Waals surface area contributed by atoms with Crippen molar-refractivity contribution in [3.63, 3.8) is 0 Å². The van der Waals surface area contributed by atoms with E-state index >= 15 is 0 Å². The van der Waals surface area contributed by atoms with Crippen LogP contribution in [0.1, 0.15) is 22.3 Å². The molecule has 120 valence electrons. The number of ether oxygens (including phenoxy) is 1. The van der Waals surface area contributed by atoms with Crippen LogP contribution in [0.2, 0.25) is 0 Å². The molecule has 7 nitrogen and oxygen atoms in total. The van der Waals surface area contributed by atoms with Gasteiger partial charge in [0.1, 0.15) is 0 Å². The van der Waals surface area contributed by atoms with Gasteiger partial charge < -0.3 is 15.2 Å². The average Bonchev–Trinajstić information content (AvgIpc) is 3.18. The average molecular weight is 315 g/mol. The number of carboxylic acids is 1. The minimum atomic E-state index is -1.35. The highest BCUT2D eigenvalue weighted by Crippen LogP contribution is 2.19. The van der Waals surface area contributed by atoms with Gasteiger partial charge >= 0.3 is 5.97 Å². The highest BCUT2D eigenvalue weighted by molar-refractivity contribution is 5.97. The lowest BCUT2D eigenvalue weighted by Gasteiger charge is -2.23. The van der Waals surface area contributed by atoms with Crippen LogP contribution in [0.25, 0.3) is 0 Å². The number of nitrogens with zero attached hydrogens (tertiary/aromatic N) is 2. The second-order valence-corrected chi connectivity index (χ2v) is 5.56. The number of carbonyl (C=O) groups excluding carboxylic acids is 1. The molecule has 1 amide bonds. The summed E-state index contributed by atoms with van der Waals surface area (Å²) in [4.78, 5) is 23.7. The second kappa shape index (κ2) is 6.21. The van der Waals surface area contributed by atoms with Gasteiger partial charge in [-0.2, -0.15) is 5.10 Å². The first kappa shape index (κ1) is 15.2. The molecular weight excluding hydrogens is 298 g/mol. The molecule has 1 atom stereocenters. The van der Waals surface area contributed by atoms with Gasteiger partial charge in [-0.1, -0.05) is 30.3 Å². The molecule has 2 aromatic rings. The molecule has 0 bridgehead atoms. The van der Waals surface area contributed by atoms with E-state index in [9.17, 15) is 14.7 Å². The molecule has 2 heterocycles. The van der Waals surface area contributed by atoms with Crippen molar-refractivity contribution in [2.24, 2.45) is 0 Å². The number of benzene rings is 1. The molecule has 1 aromatic heterocycles. The monoisotopic (exact) mass is 315 g/mol. The molecular formula is C16H17N3O4. The summed E-state index contributed by atoms with van der Waals surface area (Å²) in [5.74, 6) is -1.54. The third-order valence-corrected chi connectivity index (χ3v) is 3.87. The Hall–Kier alpha value is -2.67. The van der Waals surface area contributed by atoms with Crippen molar-refractivity contribution >= 4 is 11.9 Å². The van der Waals surface area contributed by atoms with Crippen LogP contribution in [0.3, 0.4) is 0 Å². The number of nitrogens with one attached hydrogen (secondary N) is 1. The summed E-state index contributed by atoms with van der Waals surface area (Å²) in [6, 6.07) is 9.74. The molecule has 0 aliphatic carbocycles. The first-order chi connectivity index (χ1) is 11.1. The van der Waals surface area contributed by atoms with E-state index in [0.717, 1.165) is 5.56 Å². The fraction of sp³-hybridized carbons (Fsp3) is 0.312. The number of hydrogen-bond donors (Lipinski definition) is 2. The maximum Gasteiger partial charge on any atom is 0.331 e. The predicted molar refractivity (Wildman–Crippen MR) is 81.0 cm³/mol. The summed E-state index contributed by atoms with van der Waals surface area (Å²) in [6.07, 6.45) is 3.30. The lowest BCUT2D eigenvalue weighted by molar-refractivity contribution is -0.144. The molecule has 0 spiro atoms. The zero-order valence-corrected chi connectivity index (χ0v) is 12.4. The number of hydrogen-bond acceptors (Lipinski definition) is 4. The van der Waals surface area contributed by atoms with Gasteiger partial charge in [0.25, 0.3) is 5.91 Å². The van der Waals surface area contributed by atoms with Gasteiger partial charge in [-0.15, -0.1) is 0 Å². The number of aliphatic carboxylic acids is 1. The van der Waals surface area contributed by atoms with Crippen molar-refractivity contribution in [2.45, 2.75) is 18.5 Å². The predicted octanol–water partition coefficient (Wildman–Crippen LogP) is 0.905. The minimum Gasteiger partial charge on any atom is -0.479 e. The lowest BCUT2D eigenvalue weighted by atomic mass is 9.98. The van der Waals surface area contributed by atoms with Gasteiger partial charge in [0, 0.05) is 19.2 Å². The molecule has 7 heteroatoms. The van der Waals surface area contributed by atoms with Crippen LogP contribution < -0.4 is 5.32 Å². The van der Waals surface area contributed by atoms with E-state index in [0.29, 0.717) is 18.7 Å². The first-order valence-electron chi connectivity index (χ1n) is 7.29. The molecule has 0 radical (unpaired) electrons. The van der Waals surface area contributed by atoms with Gasteiger partial charge in [0.2, 0.25) is 0 Å². The molecule has 23 heavy (non-hydrogen) atoms. The highest BCUT2D eigenvalue weighted by Gasteiger charge is 2.44. The number of amides is 1. The van der Waals surface area contributed by atoms with Crippen LogP contribution in [0.5, 0.6) is 0 Å². The topological polar surface area (TPSA) is 93.5 Å². The minimum absolute atomic E-state index is 0.0216. The molecule has 2 N–H and O–H groups in total. The molecule has 1 fully saturated rings. The SMILES string of the molecule is O=C(NC1(C(=O)O)CCOC1)c1cnn(Cc2ccccc2)c1.